The molecule has 0 aliphatic heterocycles. The summed E-state index contributed by atoms with van der Waals surface area (Å²) in [4.78, 5) is 12.2. The number of pyridine rings is 1. The summed E-state index contributed by atoms with van der Waals surface area (Å²) in [5.74, 6) is 0.732. The average molecular weight is 363 g/mol. The van der Waals surface area contributed by atoms with Crippen molar-refractivity contribution in [2.45, 2.75) is 26.0 Å². The zero-order valence-electron chi connectivity index (χ0n) is 14.6. The second-order valence-corrected chi connectivity index (χ2v) is 7.89. The lowest BCUT2D eigenvalue weighted by atomic mass is 10.1. The van der Waals surface area contributed by atoms with Crippen molar-refractivity contribution < 1.29 is 17.4 Å². The molecule has 0 amide bonds. The van der Waals surface area contributed by atoms with Crippen LogP contribution in [0.1, 0.15) is 30.7 Å². The SMILES string of the molecule is COc1ccc(C=Cc2cc(C)cc(=O)n2OS(=O)(=O)C(C)C)cc1. The molecule has 0 N–H and O–H groups in total. The summed E-state index contributed by atoms with van der Waals surface area (Å²) in [5, 5.41) is -0.765. The number of aryl methyl sites for hydroxylation is 1. The molecule has 1 aromatic carbocycles. The van der Waals surface area contributed by atoms with Crippen LogP contribution >= 0.6 is 0 Å². The first-order chi connectivity index (χ1) is 11.7. The molecule has 0 saturated carbocycles. The summed E-state index contributed by atoms with van der Waals surface area (Å²) < 4.78 is 34.9. The third-order valence-corrected chi connectivity index (χ3v) is 4.99. The maximum Gasteiger partial charge on any atom is 0.329 e. The zero-order chi connectivity index (χ0) is 18.6. The standard InChI is InChI=1S/C18H21NO5S/c1-13(2)25(21,22)24-19-16(11-14(3)12-18(19)20)8-5-15-6-9-17(23-4)10-7-15/h5-13H,1-4H3. The van der Waals surface area contributed by atoms with Gasteiger partial charge in [-0.25, -0.2) is 0 Å². The predicted octanol–water partition coefficient (Wildman–Crippen LogP) is 2.50. The van der Waals surface area contributed by atoms with Crippen LogP contribution < -0.4 is 14.6 Å². The van der Waals surface area contributed by atoms with E-state index in [-0.39, 0.29) is 0 Å². The quantitative estimate of drug-likeness (QED) is 0.788. The van der Waals surface area contributed by atoms with Gasteiger partial charge in [0, 0.05) is 6.07 Å². The Hall–Kier alpha value is -2.54. The minimum Gasteiger partial charge on any atom is -0.497 e. The van der Waals surface area contributed by atoms with Crippen molar-refractivity contribution in [3.63, 3.8) is 0 Å². The number of benzene rings is 1. The highest BCUT2D eigenvalue weighted by molar-refractivity contribution is 7.87. The molecule has 0 atom stereocenters. The summed E-state index contributed by atoms with van der Waals surface area (Å²) in [5.41, 5.74) is 1.37. The fourth-order valence-corrected chi connectivity index (χ4v) is 2.54. The molecular weight excluding hydrogens is 342 g/mol. The van der Waals surface area contributed by atoms with Gasteiger partial charge in [0.25, 0.3) is 5.56 Å². The van der Waals surface area contributed by atoms with Gasteiger partial charge < -0.3 is 4.74 Å². The van der Waals surface area contributed by atoms with Gasteiger partial charge in [0.1, 0.15) is 5.75 Å². The molecule has 6 nitrogen and oxygen atoms in total. The Bertz CT molecular complexity index is 925. The van der Waals surface area contributed by atoms with E-state index in [1.54, 1.807) is 32.3 Å². The van der Waals surface area contributed by atoms with Crippen molar-refractivity contribution in [1.29, 1.82) is 0 Å². The van der Waals surface area contributed by atoms with Crippen LogP contribution in [0.4, 0.5) is 0 Å². The van der Waals surface area contributed by atoms with E-state index in [1.807, 2.05) is 24.3 Å². The minimum atomic E-state index is -3.89. The van der Waals surface area contributed by atoms with Gasteiger partial charge in [-0.1, -0.05) is 18.2 Å². The second-order valence-electron chi connectivity index (χ2n) is 5.81. The van der Waals surface area contributed by atoms with Crippen LogP contribution in [0.15, 0.2) is 41.2 Å². The lowest BCUT2D eigenvalue weighted by Crippen LogP contribution is -2.35. The molecule has 2 rings (SSSR count). The van der Waals surface area contributed by atoms with Crippen LogP contribution in [0, 0.1) is 6.92 Å². The van der Waals surface area contributed by atoms with Crippen molar-refractivity contribution in [2.24, 2.45) is 0 Å². The second kappa shape index (κ2) is 7.57. The highest BCUT2D eigenvalue weighted by atomic mass is 32.2. The Labute approximate surface area is 147 Å². The van der Waals surface area contributed by atoms with Crippen molar-refractivity contribution in [1.82, 2.24) is 4.73 Å². The monoisotopic (exact) mass is 363 g/mol. The van der Waals surface area contributed by atoms with Crippen molar-refractivity contribution >= 4 is 22.3 Å². The van der Waals surface area contributed by atoms with Gasteiger partial charge in [0.2, 0.25) is 0 Å². The van der Waals surface area contributed by atoms with E-state index in [2.05, 4.69) is 0 Å². The first kappa shape index (κ1) is 18.8. The molecule has 0 radical (unpaired) electrons. The summed E-state index contributed by atoms with van der Waals surface area (Å²) in [6, 6.07) is 10.3. The van der Waals surface area contributed by atoms with Gasteiger partial charge in [-0.2, -0.15) is 8.42 Å². The Morgan fingerprint density at radius 3 is 2.28 bits per heavy atom. The van der Waals surface area contributed by atoms with Gasteiger partial charge in [0.05, 0.1) is 18.1 Å². The normalized spacial score (nSPS) is 11.9. The fourth-order valence-electron chi connectivity index (χ4n) is 2.00. The molecule has 1 heterocycles. The average Bonchev–Trinajstić information content (AvgIpc) is 2.56. The molecule has 2 aromatic rings. The molecule has 7 heteroatoms. The summed E-state index contributed by atoms with van der Waals surface area (Å²) in [7, 11) is -2.30. The fraction of sp³-hybridized carbons (Fsp3) is 0.278. The molecule has 0 spiro atoms. The first-order valence-corrected chi connectivity index (χ1v) is 9.19. The van der Waals surface area contributed by atoms with Crippen LogP contribution in [0.3, 0.4) is 0 Å². The van der Waals surface area contributed by atoms with Crippen LogP contribution in [0.5, 0.6) is 5.75 Å². The number of hydrogen-bond donors (Lipinski definition) is 0. The largest absolute Gasteiger partial charge is 0.497 e. The minimum absolute atomic E-state index is 0.338. The third-order valence-electron chi connectivity index (χ3n) is 3.48. The highest BCUT2D eigenvalue weighted by Gasteiger charge is 2.20. The van der Waals surface area contributed by atoms with E-state index in [9.17, 15) is 13.2 Å². The Morgan fingerprint density at radius 2 is 1.72 bits per heavy atom. The van der Waals surface area contributed by atoms with Crippen LogP contribution in [0.25, 0.3) is 12.2 Å². The van der Waals surface area contributed by atoms with Crippen molar-refractivity contribution in [3.8, 4) is 5.75 Å². The highest BCUT2D eigenvalue weighted by Crippen LogP contribution is 2.14. The molecule has 25 heavy (non-hydrogen) atoms. The molecular formula is C18H21NO5S. The topological polar surface area (TPSA) is 74.6 Å². The molecule has 0 aliphatic rings. The smallest absolute Gasteiger partial charge is 0.329 e. The van der Waals surface area contributed by atoms with Gasteiger partial charge in [0.15, 0.2) is 0 Å². The predicted molar refractivity (Wildman–Crippen MR) is 98.0 cm³/mol. The van der Waals surface area contributed by atoms with Gasteiger partial charge in [-0.3, -0.25) is 9.08 Å². The summed E-state index contributed by atoms with van der Waals surface area (Å²) in [6.07, 6.45) is 3.39. The molecule has 134 valence electrons. The van der Waals surface area contributed by atoms with Crippen molar-refractivity contribution in [2.75, 3.05) is 7.11 Å². The molecule has 0 bridgehead atoms. The number of nitrogens with zero attached hydrogens (tertiary/aromatic N) is 1. The lowest BCUT2D eigenvalue weighted by Gasteiger charge is -2.13. The Kier molecular flexibility index (Phi) is 5.69. The van der Waals surface area contributed by atoms with Gasteiger partial charge in [-0.05, 0) is 56.2 Å². The molecule has 0 aliphatic carbocycles. The number of aromatic nitrogens is 1. The summed E-state index contributed by atoms with van der Waals surface area (Å²) in [6.45, 7) is 4.73. The summed E-state index contributed by atoms with van der Waals surface area (Å²) >= 11 is 0. The number of hydrogen-bond acceptors (Lipinski definition) is 5. The van der Waals surface area contributed by atoms with Crippen LogP contribution in [-0.4, -0.2) is 25.5 Å². The first-order valence-electron chi connectivity index (χ1n) is 7.72. The molecule has 1 aromatic heterocycles. The van der Waals surface area contributed by atoms with Gasteiger partial charge in [-0.15, -0.1) is 4.73 Å². The Morgan fingerprint density at radius 1 is 1.08 bits per heavy atom. The van der Waals surface area contributed by atoms with E-state index in [4.69, 9.17) is 9.02 Å². The zero-order valence-corrected chi connectivity index (χ0v) is 15.4. The maximum absolute atomic E-state index is 12.2. The number of ether oxygens (including phenoxy) is 1. The molecule has 0 saturated heterocycles. The molecule has 0 fully saturated rings. The van der Waals surface area contributed by atoms with Crippen LogP contribution in [0.2, 0.25) is 0 Å². The van der Waals surface area contributed by atoms with E-state index in [0.29, 0.717) is 11.3 Å². The Balaban J connectivity index is 2.42. The lowest BCUT2D eigenvalue weighted by molar-refractivity contribution is 0.261. The van der Waals surface area contributed by atoms with E-state index in [0.717, 1.165) is 16.0 Å². The molecule has 0 unspecified atom stereocenters. The van der Waals surface area contributed by atoms with E-state index >= 15 is 0 Å². The van der Waals surface area contributed by atoms with E-state index in [1.165, 1.54) is 19.9 Å². The maximum atomic E-state index is 12.2. The van der Waals surface area contributed by atoms with E-state index < -0.39 is 20.9 Å². The number of methoxy groups -OCH3 is 1. The van der Waals surface area contributed by atoms with Crippen molar-refractivity contribution in [3.05, 3.63) is 63.6 Å². The van der Waals surface area contributed by atoms with Gasteiger partial charge >= 0.3 is 10.1 Å². The number of rotatable bonds is 6. The third kappa shape index (κ3) is 4.73. The van der Waals surface area contributed by atoms with Crippen LogP contribution in [-0.2, 0) is 10.1 Å².